The lowest BCUT2D eigenvalue weighted by Crippen LogP contribution is -2.12. The molecule has 0 fully saturated rings. The molecule has 0 N–H and O–H groups in total. The fraction of sp³-hybridized carbons (Fsp3) is 0.154. The number of hydrogen-bond donors (Lipinski definition) is 0. The Labute approximate surface area is 118 Å². The highest BCUT2D eigenvalue weighted by molar-refractivity contribution is 5.62. The topological polar surface area (TPSA) is 12.9 Å². The van der Waals surface area contributed by atoms with Gasteiger partial charge in [-0.25, -0.2) is 8.78 Å². The monoisotopic (exact) mass is 327 g/mol. The average Bonchev–Trinajstić information content (AvgIpc) is 2.36. The van der Waals surface area contributed by atoms with Crippen LogP contribution in [-0.2, 0) is 12.4 Å². The van der Waals surface area contributed by atoms with Crippen LogP contribution in [0.2, 0.25) is 0 Å². The van der Waals surface area contributed by atoms with E-state index in [1.54, 1.807) is 0 Å². The Morgan fingerprint density at radius 2 is 1.45 bits per heavy atom. The number of pyridine rings is 1. The molecule has 2 aromatic rings. The summed E-state index contributed by atoms with van der Waals surface area (Å²) in [5.41, 5.74) is -4.95. The SMILES string of the molecule is Fc1ccc(-c2cc(C(F)(F)F)ccn2)c(F)c1C(F)(F)F. The second kappa shape index (κ2) is 5.22. The molecule has 0 saturated heterocycles. The van der Waals surface area contributed by atoms with E-state index in [9.17, 15) is 35.1 Å². The average molecular weight is 327 g/mol. The molecule has 0 bridgehead atoms. The minimum atomic E-state index is -5.33. The zero-order valence-corrected chi connectivity index (χ0v) is 10.4. The number of alkyl halides is 6. The molecule has 9 heteroatoms. The summed E-state index contributed by atoms with van der Waals surface area (Å²) in [6.45, 7) is 0. The first-order valence-electron chi connectivity index (χ1n) is 5.60. The Hall–Kier alpha value is -2.19. The molecule has 1 heterocycles. The van der Waals surface area contributed by atoms with Crippen molar-refractivity contribution in [3.05, 3.63) is 53.2 Å². The van der Waals surface area contributed by atoms with Crippen molar-refractivity contribution in [3.8, 4) is 11.3 Å². The van der Waals surface area contributed by atoms with Gasteiger partial charge in [-0.15, -0.1) is 0 Å². The van der Waals surface area contributed by atoms with Crippen LogP contribution in [0, 0.1) is 11.6 Å². The first kappa shape index (κ1) is 16.2. The summed E-state index contributed by atoms with van der Waals surface area (Å²) in [7, 11) is 0. The van der Waals surface area contributed by atoms with E-state index in [1.807, 2.05) is 0 Å². The van der Waals surface area contributed by atoms with Gasteiger partial charge in [-0.3, -0.25) is 4.98 Å². The van der Waals surface area contributed by atoms with E-state index in [1.165, 1.54) is 0 Å². The van der Waals surface area contributed by atoms with E-state index in [4.69, 9.17) is 0 Å². The van der Waals surface area contributed by atoms with Crippen molar-refractivity contribution in [1.82, 2.24) is 4.98 Å². The second-order valence-corrected chi connectivity index (χ2v) is 4.21. The lowest BCUT2D eigenvalue weighted by atomic mass is 10.0. The molecular weight excluding hydrogens is 322 g/mol. The van der Waals surface area contributed by atoms with Gasteiger partial charge in [0.25, 0.3) is 0 Å². The van der Waals surface area contributed by atoms with Crippen molar-refractivity contribution < 1.29 is 35.1 Å². The highest BCUT2D eigenvalue weighted by Crippen LogP contribution is 2.38. The van der Waals surface area contributed by atoms with E-state index >= 15 is 0 Å². The number of nitrogens with zero attached hydrogens (tertiary/aromatic N) is 1. The smallest absolute Gasteiger partial charge is 0.256 e. The molecular formula is C13H5F8N. The molecule has 0 atom stereocenters. The molecule has 118 valence electrons. The summed E-state index contributed by atoms with van der Waals surface area (Å²) in [6, 6.07) is 1.89. The molecule has 0 spiro atoms. The Balaban J connectivity index is 2.65. The lowest BCUT2D eigenvalue weighted by Gasteiger charge is -2.13. The first-order chi connectivity index (χ1) is 10.0. The molecule has 1 aromatic heterocycles. The zero-order chi connectivity index (χ0) is 16.7. The van der Waals surface area contributed by atoms with Crippen LogP contribution in [0.15, 0.2) is 30.5 Å². The number of hydrogen-bond acceptors (Lipinski definition) is 1. The predicted molar refractivity (Wildman–Crippen MR) is 59.6 cm³/mol. The summed E-state index contributed by atoms with van der Waals surface area (Å²) in [5, 5.41) is 0. The molecule has 0 aliphatic carbocycles. The Morgan fingerprint density at radius 1 is 0.818 bits per heavy atom. The Morgan fingerprint density at radius 3 is 2.00 bits per heavy atom. The quantitative estimate of drug-likeness (QED) is 0.667. The van der Waals surface area contributed by atoms with Gasteiger partial charge in [0.2, 0.25) is 0 Å². The minimum Gasteiger partial charge on any atom is -0.256 e. The molecule has 0 unspecified atom stereocenters. The van der Waals surface area contributed by atoms with E-state index in [2.05, 4.69) is 4.98 Å². The zero-order valence-electron chi connectivity index (χ0n) is 10.4. The van der Waals surface area contributed by atoms with Crippen LogP contribution < -0.4 is 0 Å². The lowest BCUT2D eigenvalue weighted by molar-refractivity contribution is -0.142. The highest BCUT2D eigenvalue weighted by Gasteiger charge is 2.39. The van der Waals surface area contributed by atoms with Crippen LogP contribution in [0.5, 0.6) is 0 Å². The van der Waals surface area contributed by atoms with E-state index in [-0.39, 0.29) is 0 Å². The van der Waals surface area contributed by atoms with Gasteiger partial charge >= 0.3 is 12.4 Å². The number of halogens is 8. The van der Waals surface area contributed by atoms with Crippen molar-refractivity contribution in [2.75, 3.05) is 0 Å². The molecule has 0 saturated carbocycles. The van der Waals surface area contributed by atoms with Crippen molar-refractivity contribution in [1.29, 1.82) is 0 Å². The van der Waals surface area contributed by atoms with E-state index in [0.717, 1.165) is 0 Å². The maximum absolute atomic E-state index is 13.9. The summed E-state index contributed by atoms with van der Waals surface area (Å²) in [6.07, 6.45) is -9.43. The van der Waals surface area contributed by atoms with Crippen molar-refractivity contribution in [3.63, 3.8) is 0 Å². The van der Waals surface area contributed by atoms with Crippen molar-refractivity contribution in [2.45, 2.75) is 12.4 Å². The molecule has 2 rings (SSSR count). The van der Waals surface area contributed by atoms with Gasteiger partial charge in [0.1, 0.15) is 17.2 Å². The Kier molecular flexibility index (Phi) is 3.84. The van der Waals surface area contributed by atoms with Crippen LogP contribution in [0.1, 0.15) is 11.1 Å². The third-order valence-electron chi connectivity index (χ3n) is 2.74. The van der Waals surface area contributed by atoms with Gasteiger partial charge in [-0.1, -0.05) is 0 Å². The van der Waals surface area contributed by atoms with Gasteiger partial charge in [-0.2, -0.15) is 26.3 Å². The van der Waals surface area contributed by atoms with Gasteiger partial charge < -0.3 is 0 Å². The molecule has 0 amide bonds. The third kappa shape index (κ3) is 3.02. The van der Waals surface area contributed by atoms with Gasteiger partial charge in [0.15, 0.2) is 0 Å². The maximum atomic E-state index is 13.9. The molecule has 0 aliphatic rings. The first-order valence-corrected chi connectivity index (χ1v) is 5.60. The molecule has 1 aromatic carbocycles. The molecule has 1 nitrogen and oxygen atoms in total. The van der Waals surface area contributed by atoms with Crippen molar-refractivity contribution in [2.24, 2.45) is 0 Å². The van der Waals surface area contributed by atoms with Crippen LogP contribution >= 0.6 is 0 Å². The highest BCUT2D eigenvalue weighted by atomic mass is 19.4. The van der Waals surface area contributed by atoms with Crippen LogP contribution in [0.4, 0.5) is 35.1 Å². The molecule has 0 aliphatic heterocycles. The minimum absolute atomic E-state index is 0.323. The fourth-order valence-electron chi connectivity index (χ4n) is 1.76. The standard InChI is InChI=1S/C13H5F8N/c14-8-2-1-7(11(15)10(8)13(19,20)21)9-5-6(3-4-22-9)12(16,17)18/h1-5H. The summed E-state index contributed by atoms with van der Waals surface area (Å²) < 4.78 is 102. The van der Waals surface area contributed by atoms with Crippen LogP contribution in [0.25, 0.3) is 11.3 Å². The largest absolute Gasteiger partial charge is 0.422 e. The summed E-state index contributed by atoms with van der Waals surface area (Å²) in [4.78, 5) is 3.41. The van der Waals surface area contributed by atoms with Crippen molar-refractivity contribution >= 4 is 0 Å². The number of aromatic nitrogens is 1. The summed E-state index contributed by atoms with van der Waals surface area (Å²) >= 11 is 0. The van der Waals surface area contributed by atoms with Crippen LogP contribution in [-0.4, -0.2) is 4.98 Å². The fourth-order valence-corrected chi connectivity index (χ4v) is 1.76. The molecule has 22 heavy (non-hydrogen) atoms. The predicted octanol–water partition coefficient (Wildman–Crippen LogP) is 5.06. The normalized spacial score (nSPS) is 12.5. The van der Waals surface area contributed by atoms with E-state index < -0.39 is 46.4 Å². The Bertz CT molecular complexity index is 702. The van der Waals surface area contributed by atoms with Gasteiger partial charge in [0, 0.05) is 11.8 Å². The second-order valence-electron chi connectivity index (χ2n) is 4.21. The van der Waals surface area contributed by atoms with Crippen LogP contribution in [0.3, 0.4) is 0 Å². The van der Waals surface area contributed by atoms with Gasteiger partial charge in [0.05, 0.1) is 11.3 Å². The number of rotatable bonds is 1. The van der Waals surface area contributed by atoms with E-state index in [0.29, 0.717) is 30.5 Å². The maximum Gasteiger partial charge on any atom is 0.422 e. The number of benzene rings is 1. The molecule has 0 radical (unpaired) electrons. The third-order valence-corrected chi connectivity index (χ3v) is 2.74. The summed E-state index contributed by atoms with van der Waals surface area (Å²) in [5.74, 6) is -3.87. The van der Waals surface area contributed by atoms with Gasteiger partial charge in [-0.05, 0) is 24.3 Å².